The number of carbonyl (C=O) groups is 2. The number of aliphatic carboxylic acids is 1. The van der Waals surface area contributed by atoms with E-state index in [1.54, 1.807) is 30.3 Å². The highest BCUT2D eigenvalue weighted by Gasteiger charge is 2.22. The fourth-order valence-electron chi connectivity index (χ4n) is 3.45. The number of fused-ring (bicyclic) bond motifs is 1. The smallest absolute Gasteiger partial charge is 0.319 e. The normalized spacial score (nSPS) is 12.6. The van der Waals surface area contributed by atoms with Gasteiger partial charge in [0, 0.05) is 22.8 Å². The Morgan fingerprint density at radius 1 is 0.970 bits per heavy atom. The highest BCUT2D eigenvalue weighted by atomic mass is 32.1. The van der Waals surface area contributed by atoms with Crippen molar-refractivity contribution in [1.82, 2.24) is 5.32 Å². The molecular weight excluding hydrogens is 442 g/mol. The van der Waals surface area contributed by atoms with Gasteiger partial charge in [-0.25, -0.2) is 4.79 Å². The lowest BCUT2D eigenvalue weighted by molar-refractivity contribution is -0.137. The summed E-state index contributed by atoms with van der Waals surface area (Å²) in [6.45, 7) is 0.695. The van der Waals surface area contributed by atoms with Crippen LogP contribution in [-0.4, -0.2) is 23.9 Å². The first-order valence-corrected chi connectivity index (χ1v) is 10.7. The average molecular weight is 466 g/mol. The lowest BCUT2D eigenvalue weighted by atomic mass is 10.0. The molecule has 0 radical (unpaired) electrons. The largest absolute Gasteiger partial charge is 0.481 e. The maximum Gasteiger partial charge on any atom is 0.319 e. The minimum Gasteiger partial charge on any atom is -0.481 e. The minimum atomic E-state index is -1.03. The van der Waals surface area contributed by atoms with Gasteiger partial charge < -0.3 is 30.5 Å². The predicted molar refractivity (Wildman–Crippen MR) is 127 cm³/mol. The summed E-state index contributed by atoms with van der Waals surface area (Å²) in [5.41, 5.74) is 3.05. The molecule has 0 aromatic heterocycles. The van der Waals surface area contributed by atoms with Gasteiger partial charge in [0.1, 0.15) is 0 Å². The number of carboxylic acids is 1. The van der Waals surface area contributed by atoms with Crippen LogP contribution < -0.4 is 25.4 Å². The molecule has 1 heterocycles. The van der Waals surface area contributed by atoms with Gasteiger partial charge in [-0.1, -0.05) is 30.3 Å². The maximum absolute atomic E-state index is 12.6. The third-order valence-electron chi connectivity index (χ3n) is 5.08. The summed E-state index contributed by atoms with van der Waals surface area (Å²) in [6, 6.07) is 18.9. The van der Waals surface area contributed by atoms with Crippen LogP contribution in [0, 0.1) is 0 Å². The number of nitrogens with one attached hydrogen (secondary N) is 3. The van der Waals surface area contributed by atoms with E-state index in [-0.39, 0.29) is 13.2 Å². The molecule has 3 aromatic carbocycles. The first-order chi connectivity index (χ1) is 16.0. The van der Waals surface area contributed by atoms with Crippen molar-refractivity contribution >= 4 is 36.0 Å². The first-order valence-electron chi connectivity index (χ1n) is 10.3. The number of hydrogen-bond donors (Lipinski definition) is 5. The Bertz CT molecular complexity index is 1170. The van der Waals surface area contributed by atoms with Crippen molar-refractivity contribution in [2.45, 2.75) is 23.9 Å². The van der Waals surface area contributed by atoms with Crippen molar-refractivity contribution in [2.24, 2.45) is 0 Å². The Hall–Kier alpha value is -3.85. The van der Waals surface area contributed by atoms with Crippen molar-refractivity contribution < 1.29 is 24.2 Å². The molecule has 3 aromatic rings. The molecule has 0 unspecified atom stereocenters. The Balaban J connectivity index is 1.40. The highest BCUT2D eigenvalue weighted by Crippen LogP contribution is 2.34. The van der Waals surface area contributed by atoms with Gasteiger partial charge in [0.25, 0.3) is 0 Å². The zero-order valence-electron chi connectivity index (χ0n) is 17.6. The van der Waals surface area contributed by atoms with Crippen LogP contribution in [0.2, 0.25) is 0 Å². The van der Waals surface area contributed by atoms with Crippen LogP contribution in [0.25, 0.3) is 0 Å². The van der Waals surface area contributed by atoms with Crippen LogP contribution in [0.15, 0.2) is 71.6 Å². The summed E-state index contributed by atoms with van der Waals surface area (Å²) < 4.78 is 10.7. The lowest BCUT2D eigenvalue weighted by Crippen LogP contribution is -2.33. The van der Waals surface area contributed by atoms with Crippen LogP contribution in [0.3, 0.4) is 0 Å². The molecule has 0 fully saturated rings. The van der Waals surface area contributed by atoms with Gasteiger partial charge in [0.2, 0.25) is 6.79 Å². The molecular formula is C24H23N3O5S. The second-order valence-corrected chi connectivity index (χ2v) is 7.91. The van der Waals surface area contributed by atoms with Crippen molar-refractivity contribution in [2.75, 3.05) is 17.4 Å². The molecule has 170 valence electrons. The highest BCUT2D eigenvalue weighted by molar-refractivity contribution is 7.80. The van der Waals surface area contributed by atoms with E-state index >= 15 is 0 Å². The van der Waals surface area contributed by atoms with Crippen LogP contribution in [0.1, 0.15) is 23.6 Å². The Kier molecular flexibility index (Phi) is 6.89. The molecule has 0 saturated heterocycles. The number of rotatable bonds is 8. The summed E-state index contributed by atoms with van der Waals surface area (Å²) >= 11 is 4.45. The first kappa shape index (κ1) is 22.3. The number of amides is 2. The van der Waals surface area contributed by atoms with E-state index < -0.39 is 18.0 Å². The summed E-state index contributed by atoms with van der Waals surface area (Å²) in [5.74, 6) is 0.0717. The Morgan fingerprint density at radius 3 is 2.58 bits per heavy atom. The van der Waals surface area contributed by atoms with Gasteiger partial charge in [-0.05, 0) is 47.5 Å². The van der Waals surface area contributed by atoms with Gasteiger partial charge in [0.05, 0.1) is 12.5 Å². The van der Waals surface area contributed by atoms with E-state index in [0.29, 0.717) is 29.3 Å². The number of carboxylic acid groups (broad SMARTS) is 1. The molecule has 0 saturated carbocycles. The van der Waals surface area contributed by atoms with Gasteiger partial charge >= 0.3 is 12.0 Å². The number of benzene rings is 3. The standard InChI is InChI=1S/C24H23N3O5S/c28-23(29)12-19(15-8-9-20-21(10-15)32-14-31-20)27-24(30)26-18-6-3-5-17(11-18)25-13-16-4-1-2-7-22(16)33/h1-11,19,25,33H,12-14H2,(H,28,29)(H2,26,27,30)/t19-/m0/s1. The Labute approximate surface area is 196 Å². The number of thiol groups is 1. The Morgan fingerprint density at radius 2 is 1.76 bits per heavy atom. The zero-order valence-corrected chi connectivity index (χ0v) is 18.5. The van der Waals surface area contributed by atoms with Gasteiger partial charge in [-0.3, -0.25) is 4.79 Å². The SMILES string of the molecule is O=C(O)C[C@H](NC(=O)Nc1cccc(NCc2ccccc2S)c1)c1ccc2c(c1)OCO2. The molecule has 2 amide bonds. The molecule has 4 N–H and O–H groups in total. The molecule has 0 spiro atoms. The van der Waals surface area contributed by atoms with Crippen molar-refractivity contribution in [1.29, 1.82) is 0 Å². The van der Waals surface area contributed by atoms with E-state index in [9.17, 15) is 14.7 Å². The van der Waals surface area contributed by atoms with E-state index in [1.165, 1.54) is 0 Å². The van der Waals surface area contributed by atoms with Crippen LogP contribution >= 0.6 is 12.6 Å². The van der Waals surface area contributed by atoms with Gasteiger partial charge in [-0.2, -0.15) is 0 Å². The summed E-state index contributed by atoms with van der Waals surface area (Å²) in [5, 5.41) is 18.1. The number of carbonyl (C=O) groups excluding carboxylic acids is 1. The molecule has 0 aliphatic carbocycles. The second-order valence-electron chi connectivity index (χ2n) is 7.42. The molecule has 33 heavy (non-hydrogen) atoms. The van der Waals surface area contributed by atoms with E-state index in [2.05, 4.69) is 28.6 Å². The van der Waals surface area contributed by atoms with E-state index in [0.717, 1.165) is 16.1 Å². The summed E-state index contributed by atoms with van der Waals surface area (Å²) in [6.07, 6.45) is -0.280. The van der Waals surface area contributed by atoms with E-state index in [4.69, 9.17) is 9.47 Å². The van der Waals surface area contributed by atoms with E-state index in [1.807, 2.05) is 36.4 Å². The van der Waals surface area contributed by atoms with Crippen molar-refractivity contribution in [3.63, 3.8) is 0 Å². The van der Waals surface area contributed by atoms with Crippen LogP contribution in [0.4, 0.5) is 16.2 Å². The quantitative estimate of drug-likeness (QED) is 0.310. The summed E-state index contributed by atoms with van der Waals surface area (Å²) in [4.78, 5) is 24.9. The maximum atomic E-state index is 12.6. The van der Waals surface area contributed by atoms with Gasteiger partial charge in [-0.15, -0.1) is 12.6 Å². The minimum absolute atomic E-state index is 0.111. The third-order valence-corrected chi connectivity index (χ3v) is 5.51. The van der Waals surface area contributed by atoms with Crippen molar-refractivity contribution in [3.8, 4) is 11.5 Å². The monoisotopic (exact) mass is 465 g/mol. The number of anilines is 2. The summed E-state index contributed by atoms with van der Waals surface area (Å²) in [7, 11) is 0. The molecule has 0 bridgehead atoms. The fourth-order valence-corrected chi connectivity index (χ4v) is 3.69. The third kappa shape index (κ3) is 5.89. The lowest BCUT2D eigenvalue weighted by Gasteiger charge is -2.18. The number of ether oxygens (including phenoxy) is 2. The average Bonchev–Trinajstić information content (AvgIpc) is 3.26. The molecule has 8 nitrogen and oxygen atoms in total. The number of urea groups is 1. The zero-order chi connectivity index (χ0) is 23.2. The topological polar surface area (TPSA) is 109 Å². The molecule has 9 heteroatoms. The molecule has 1 atom stereocenters. The van der Waals surface area contributed by atoms with Crippen LogP contribution in [-0.2, 0) is 11.3 Å². The second kappa shape index (κ2) is 10.2. The van der Waals surface area contributed by atoms with Crippen LogP contribution in [0.5, 0.6) is 11.5 Å². The fraction of sp³-hybridized carbons (Fsp3) is 0.167. The predicted octanol–water partition coefficient (Wildman–Crippen LogP) is 4.65. The van der Waals surface area contributed by atoms with Crippen molar-refractivity contribution in [3.05, 3.63) is 77.9 Å². The van der Waals surface area contributed by atoms with Gasteiger partial charge in [0.15, 0.2) is 11.5 Å². The molecule has 1 aliphatic heterocycles. The molecule has 4 rings (SSSR count). The number of hydrogen-bond acceptors (Lipinski definition) is 6. The molecule has 1 aliphatic rings.